The summed E-state index contributed by atoms with van der Waals surface area (Å²) in [6, 6.07) is -0.133. The summed E-state index contributed by atoms with van der Waals surface area (Å²) in [6.45, 7) is 11.0. The lowest BCUT2D eigenvalue weighted by atomic mass is 10.0. The Morgan fingerprint density at radius 2 is 1.81 bits per heavy atom. The van der Waals surface area contributed by atoms with Gasteiger partial charge in [0.2, 0.25) is 11.8 Å². The lowest BCUT2D eigenvalue weighted by molar-refractivity contribution is 0.400. The molecule has 1 aromatic rings. The molecule has 2 N–H and O–H groups in total. The third-order valence-corrected chi connectivity index (χ3v) is 4.48. The second-order valence-corrected chi connectivity index (χ2v) is 5.87. The molecule has 90 valence electrons. The molecule has 4 heteroatoms. The topological polar surface area (TPSA) is 64.9 Å². The minimum atomic E-state index is -0.133. The van der Waals surface area contributed by atoms with Crippen molar-refractivity contribution in [2.24, 2.45) is 16.6 Å². The van der Waals surface area contributed by atoms with Crippen LogP contribution < -0.4 is 5.73 Å². The first-order chi connectivity index (χ1) is 7.32. The summed E-state index contributed by atoms with van der Waals surface area (Å²) in [6.07, 6.45) is 0.819. The van der Waals surface area contributed by atoms with Gasteiger partial charge in [0, 0.05) is 5.92 Å². The predicted octanol–water partition coefficient (Wildman–Crippen LogP) is 2.63. The van der Waals surface area contributed by atoms with Crippen molar-refractivity contribution >= 4 is 0 Å². The van der Waals surface area contributed by atoms with Crippen LogP contribution >= 0.6 is 0 Å². The minimum Gasteiger partial charge on any atom is -0.423 e. The minimum absolute atomic E-state index is 0.133. The molecule has 0 aliphatic heterocycles. The quantitative estimate of drug-likeness (QED) is 0.855. The first kappa shape index (κ1) is 11.6. The van der Waals surface area contributed by atoms with E-state index in [0.717, 1.165) is 12.3 Å². The molecule has 0 spiro atoms. The number of nitrogens with two attached hydrogens (primary N) is 1. The normalized spacial score (nSPS) is 24.4. The third-order valence-electron chi connectivity index (χ3n) is 4.48. The fraction of sp³-hybridized carbons (Fsp3) is 0.833. The third kappa shape index (κ3) is 1.39. The van der Waals surface area contributed by atoms with Gasteiger partial charge < -0.3 is 10.2 Å². The summed E-state index contributed by atoms with van der Waals surface area (Å²) in [7, 11) is 0. The van der Waals surface area contributed by atoms with E-state index in [2.05, 4.69) is 37.9 Å². The van der Waals surface area contributed by atoms with Crippen LogP contribution in [0.3, 0.4) is 0 Å². The number of rotatable bonds is 3. The summed E-state index contributed by atoms with van der Waals surface area (Å²) in [5.74, 6) is 1.66. The summed E-state index contributed by atoms with van der Waals surface area (Å²) in [5, 5.41) is 8.18. The average Bonchev–Trinajstić information content (AvgIpc) is 2.60. The second-order valence-electron chi connectivity index (χ2n) is 5.87. The number of aromatic nitrogens is 2. The van der Waals surface area contributed by atoms with Crippen molar-refractivity contribution in [2.75, 3.05) is 0 Å². The van der Waals surface area contributed by atoms with Gasteiger partial charge in [0.15, 0.2) is 0 Å². The van der Waals surface area contributed by atoms with E-state index < -0.39 is 0 Å². The maximum atomic E-state index is 5.87. The highest BCUT2D eigenvalue weighted by Crippen LogP contribution is 2.73. The first-order valence-corrected chi connectivity index (χ1v) is 5.91. The van der Waals surface area contributed by atoms with Crippen LogP contribution in [0.5, 0.6) is 0 Å². The van der Waals surface area contributed by atoms with Crippen LogP contribution in [0.4, 0.5) is 0 Å². The van der Waals surface area contributed by atoms with E-state index in [1.807, 2.05) is 6.92 Å². The Bertz CT molecular complexity index is 381. The van der Waals surface area contributed by atoms with Gasteiger partial charge in [0.1, 0.15) is 0 Å². The van der Waals surface area contributed by atoms with Gasteiger partial charge in [-0.1, -0.05) is 34.6 Å². The smallest absolute Gasteiger partial charge is 0.233 e. The van der Waals surface area contributed by atoms with Gasteiger partial charge in [-0.3, -0.25) is 0 Å². The maximum absolute atomic E-state index is 5.87. The van der Waals surface area contributed by atoms with Crippen molar-refractivity contribution in [1.29, 1.82) is 0 Å². The number of hydrogen-bond acceptors (Lipinski definition) is 4. The highest BCUT2D eigenvalue weighted by Gasteiger charge is 2.67. The molecule has 0 aromatic carbocycles. The molecule has 0 radical (unpaired) electrons. The Morgan fingerprint density at radius 3 is 2.25 bits per heavy atom. The Labute approximate surface area is 96.6 Å². The largest absolute Gasteiger partial charge is 0.423 e. The second kappa shape index (κ2) is 3.29. The summed E-state index contributed by atoms with van der Waals surface area (Å²) in [5.41, 5.74) is 6.33. The molecule has 2 rings (SSSR count). The van der Waals surface area contributed by atoms with Gasteiger partial charge in [-0.25, -0.2) is 0 Å². The molecule has 1 aromatic heterocycles. The molecular weight excluding hydrogens is 202 g/mol. The van der Waals surface area contributed by atoms with Gasteiger partial charge in [-0.05, 0) is 17.3 Å². The van der Waals surface area contributed by atoms with Crippen molar-refractivity contribution in [3.63, 3.8) is 0 Å². The standard InChI is InChI=1S/C12H21N3O/c1-6-7(13)9-14-15-10(16-9)8-11(2,3)12(8,4)5/h7-8H,6,13H2,1-5H3. The van der Waals surface area contributed by atoms with Crippen LogP contribution in [-0.4, -0.2) is 10.2 Å². The van der Waals surface area contributed by atoms with Crippen LogP contribution in [-0.2, 0) is 0 Å². The van der Waals surface area contributed by atoms with E-state index in [1.54, 1.807) is 0 Å². The fourth-order valence-electron chi connectivity index (χ4n) is 2.50. The Morgan fingerprint density at radius 1 is 1.25 bits per heavy atom. The van der Waals surface area contributed by atoms with Crippen LogP contribution in [0.1, 0.15) is 64.8 Å². The lowest BCUT2D eigenvalue weighted by Crippen LogP contribution is -2.08. The zero-order chi connectivity index (χ0) is 12.1. The van der Waals surface area contributed by atoms with Crippen LogP contribution in [0.15, 0.2) is 4.42 Å². The van der Waals surface area contributed by atoms with Gasteiger partial charge in [0.05, 0.1) is 6.04 Å². The van der Waals surface area contributed by atoms with Crippen LogP contribution in [0.25, 0.3) is 0 Å². The summed E-state index contributed by atoms with van der Waals surface area (Å²) >= 11 is 0. The summed E-state index contributed by atoms with van der Waals surface area (Å²) < 4.78 is 5.68. The fourth-order valence-corrected chi connectivity index (χ4v) is 2.50. The summed E-state index contributed by atoms with van der Waals surface area (Å²) in [4.78, 5) is 0. The Kier molecular flexibility index (Phi) is 2.38. The molecule has 0 bridgehead atoms. The predicted molar refractivity (Wildman–Crippen MR) is 61.8 cm³/mol. The van der Waals surface area contributed by atoms with Crippen molar-refractivity contribution in [2.45, 2.75) is 53.0 Å². The van der Waals surface area contributed by atoms with E-state index in [-0.39, 0.29) is 16.9 Å². The van der Waals surface area contributed by atoms with Gasteiger partial charge in [-0.2, -0.15) is 0 Å². The average molecular weight is 223 g/mol. The molecular formula is C12H21N3O. The highest BCUT2D eigenvalue weighted by molar-refractivity contribution is 5.24. The highest BCUT2D eigenvalue weighted by atomic mass is 16.4. The van der Waals surface area contributed by atoms with Gasteiger partial charge in [-0.15, -0.1) is 10.2 Å². The molecule has 1 saturated carbocycles. The zero-order valence-electron chi connectivity index (χ0n) is 10.7. The molecule has 1 aliphatic rings. The molecule has 4 nitrogen and oxygen atoms in total. The molecule has 16 heavy (non-hydrogen) atoms. The number of nitrogens with zero attached hydrogens (tertiary/aromatic N) is 2. The monoisotopic (exact) mass is 223 g/mol. The molecule has 1 fully saturated rings. The van der Waals surface area contributed by atoms with E-state index >= 15 is 0 Å². The van der Waals surface area contributed by atoms with E-state index in [1.165, 1.54) is 0 Å². The van der Waals surface area contributed by atoms with Crippen molar-refractivity contribution < 1.29 is 4.42 Å². The van der Waals surface area contributed by atoms with Crippen molar-refractivity contribution in [3.8, 4) is 0 Å². The first-order valence-electron chi connectivity index (χ1n) is 5.91. The maximum Gasteiger partial charge on any atom is 0.233 e. The molecule has 1 atom stereocenters. The van der Waals surface area contributed by atoms with Crippen LogP contribution in [0, 0.1) is 10.8 Å². The molecule has 0 saturated heterocycles. The van der Waals surface area contributed by atoms with Crippen LogP contribution in [0.2, 0.25) is 0 Å². The van der Waals surface area contributed by atoms with E-state index in [0.29, 0.717) is 11.8 Å². The number of hydrogen-bond donors (Lipinski definition) is 1. The SMILES string of the molecule is CCC(N)c1nnc(C2C(C)(C)C2(C)C)o1. The Balaban J connectivity index is 2.22. The van der Waals surface area contributed by atoms with Gasteiger partial charge in [0.25, 0.3) is 0 Å². The van der Waals surface area contributed by atoms with Gasteiger partial charge >= 0.3 is 0 Å². The van der Waals surface area contributed by atoms with E-state index in [9.17, 15) is 0 Å². The van der Waals surface area contributed by atoms with Crippen molar-refractivity contribution in [1.82, 2.24) is 10.2 Å². The van der Waals surface area contributed by atoms with Crippen molar-refractivity contribution in [3.05, 3.63) is 11.8 Å². The molecule has 1 aliphatic carbocycles. The molecule has 1 heterocycles. The van der Waals surface area contributed by atoms with E-state index in [4.69, 9.17) is 10.2 Å². The zero-order valence-corrected chi connectivity index (χ0v) is 10.7. The molecule has 1 unspecified atom stereocenters. The molecule has 0 amide bonds. The Hall–Kier alpha value is -0.900. The lowest BCUT2D eigenvalue weighted by Gasteiger charge is -2.03.